The number of hydrogen-bond acceptors (Lipinski definition) is 3. The van der Waals surface area contributed by atoms with Crippen LogP contribution in [0.25, 0.3) is 0 Å². The van der Waals surface area contributed by atoms with Crippen LogP contribution in [0.15, 0.2) is 18.2 Å². The normalized spacial score (nSPS) is 12.2. The average Bonchev–Trinajstić information content (AvgIpc) is 2.33. The minimum absolute atomic E-state index is 0.0579. The first-order valence-electron chi connectivity index (χ1n) is 6.07. The number of thioether (sulfide) groups is 1. The van der Waals surface area contributed by atoms with Crippen molar-refractivity contribution in [2.75, 3.05) is 16.8 Å². The summed E-state index contributed by atoms with van der Waals surface area (Å²) >= 11 is 13.5. The van der Waals surface area contributed by atoms with E-state index in [4.69, 9.17) is 28.9 Å². The number of hydrogen-bond donors (Lipinski definition) is 2. The zero-order valence-corrected chi connectivity index (χ0v) is 13.1. The number of anilines is 1. The molecule has 0 aliphatic rings. The number of halogens is 2. The topological polar surface area (TPSA) is 55.1 Å². The van der Waals surface area contributed by atoms with Gasteiger partial charge in [-0.2, -0.15) is 11.8 Å². The van der Waals surface area contributed by atoms with E-state index in [1.54, 1.807) is 30.0 Å². The lowest BCUT2D eigenvalue weighted by Gasteiger charge is -2.08. The van der Waals surface area contributed by atoms with Crippen LogP contribution in [0.2, 0.25) is 10.0 Å². The van der Waals surface area contributed by atoms with Crippen molar-refractivity contribution in [1.29, 1.82) is 0 Å². The minimum atomic E-state index is -0.0579. The summed E-state index contributed by atoms with van der Waals surface area (Å²) in [6.45, 7) is 1.98. The van der Waals surface area contributed by atoms with Gasteiger partial charge in [0.2, 0.25) is 5.91 Å². The van der Waals surface area contributed by atoms with Gasteiger partial charge in [0.15, 0.2) is 0 Å². The van der Waals surface area contributed by atoms with Crippen molar-refractivity contribution in [3.8, 4) is 0 Å². The van der Waals surface area contributed by atoms with Crippen LogP contribution in [0.5, 0.6) is 0 Å². The summed E-state index contributed by atoms with van der Waals surface area (Å²) in [6.07, 6.45) is 1.42. The third-order valence-electron chi connectivity index (χ3n) is 2.39. The lowest BCUT2D eigenvalue weighted by Crippen LogP contribution is -2.16. The summed E-state index contributed by atoms with van der Waals surface area (Å²) in [7, 11) is 0. The lowest BCUT2D eigenvalue weighted by atomic mass is 10.3. The van der Waals surface area contributed by atoms with Crippen molar-refractivity contribution in [2.45, 2.75) is 25.8 Å². The van der Waals surface area contributed by atoms with E-state index in [2.05, 4.69) is 5.32 Å². The molecule has 1 aromatic carbocycles. The standard InChI is InChI=1S/C13H18Cl2N2OS/c1-9(16)4-6-19-7-5-13(18)17-12-8-10(14)2-3-11(12)15/h2-3,8-9H,4-7,16H2,1H3,(H,17,18). The summed E-state index contributed by atoms with van der Waals surface area (Å²) in [6, 6.07) is 5.21. The fourth-order valence-corrected chi connectivity index (χ4v) is 2.75. The second kappa shape index (κ2) is 8.69. The Morgan fingerprint density at radius 2 is 2.16 bits per heavy atom. The molecule has 6 heteroatoms. The molecule has 3 nitrogen and oxygen atoms in total. The summed E-state index contributed by atoms with van der Waals surface area (Å²) in [5.74, 6) is 1.69. The zero-order valence-electron chi connectivity index (χ0n) is 10.8. The predicted molar refractivity (Wildman–Crippen MR) is 85.3 cm³/mol. The van der Waals surface area contributed by atoms with Gasteiger partial charge in [0.25, 0.3) is 0 Å². The van der Waals surface area contributed by atoms with E-state index in [-0.39, 0.29) is 11.9 Å². The minimum Gasteiger partial charge on any atom is -0.328 e. The summed E-state index contributed by atoms with van der Waals surface area (Å²) < 4.78 is 0. The summed E-state index contributed by atoms with van der Waals surface area (Å²) in [5, 5.41) is 3.79. The number of nitrogens with one attached hydrogen (secondary N) is 1. The largest absolute Gasteiger partial charge is 0.328 e. The zero-order chi connectivity index (χ0) is 14.3. The van der Waals surface area contributed by atoms with Crippen LogP contribution in [-0.4, -0.2) is 23.5 Å². The molecule has 0 radical (unpaired) electrons. The van der Waals surface area contributed by atoms with Gasteiger partial charge in [0, 0.05) is 23.2 Å². The highest BCUT2D eigenvalue weighted by Gasteiger charge is 2.06. The highest BCUT2D eigenvalue weighted by Crippen LogP contribution is 2.25. The first-order chi connectivity index (χ1) is 8.99. The smallest absolute Gasteiger partial charge is 0.225 e. The van der Waals surface area contributed by atoms with Crippen molar-refractivity contribution in [3.63, 3.8) is 0 Å². The van der Waals surface area contributed by atoms with Gasteiger partial charge in [0.1, 0.15) is 0 Å². The number of nitrogens with two attached hydrogens (primary N) is 1. The first kappa shape index (κ1) is 16.6. The maximum atomic E-state index is 11.7. The number of benzene rings is 1. The molecule has 1 unspecified atom stereocenters. The van der Waals surface area contributed by atoms with Crippen molar-refractivity contribution >= 4 is 46.6 Å². The molecule has 1 amide bonds. The molecule has 1 atom stereocenters. The number of carbonyl (C=O) groups excluding carboxylic acids is 1. The Hall–Kier alpha value is -0.420. The third kappa shape index (κ3) is 7.06. The van der Waals surface area contributed by atoms with Crippen LogP contribution in [0.1, 0.15) is 19.8 Å². The third-order valence-corrected chi connectivity index (χ3v) is 3.98. The molecule has 1 rings (SSSR count). The SMILES string of the molecule is CC(N)CCSCCC(=O)Nc1cc(Cl)ccc1Cl. The lowest BCUT2D eigenvalue weighted by molar-refractivity contribution is -0.115. The van der Waals surface area contributed by atoms with Gasteiger partial charge in [-0.15, -0.1) is 0 Å². The fourth-order valence-electron chi connectivity index (χ4n) is 1.34. The Morgan fingerprint density at radius 3 is 2.84 bits per heavy atom. The van der Waals surface area contributed by atoms with Crippen molar-refractivity contribution in [2.24, 2.45) is 5.73 Å². The maximum absolute atomic E-state index is 11.7. The summed E-state index contributed by atoms with van der Waals surface area (Å²) in [4.78, 5) is 11.7. The Bertz CT molecular complexity index is 427. The van der Waals surface area contributed by atoms with E-state index in [1.165, 1.54) is 0 Å². The van der Waals surface area contributed by atoms with Crippen LogP contribution in [-0.2, 0) is 4.79 Å². The molecule has 0 bridgehead atoms. The van der Waals surface area contributed by atoms with E-state index >= 15 is 0 Å². The Balaban J connectivity index is 2.29. The predicted octanol–water partition coefficient (Wildman–Crippen LogP) is 3.79. The van der Waals surface area contributed by atoms with E-state index in [0.717, 1.165) is 17.9 Å². The molecular weight excluding hydrogens is 303 g/mol. The highest BCUT2D eigenvalue weighted by molar-refractivity contribution is 7.99. The maximum Gasteiger partial charge on any atom is 0.225 e. The number of amides is 1. The van der Waals surface area contributed by atoms with Crippen molar-refractivity contribution in [3.05, 3.63) is 28.2 Å². The Kier molecular flexibility index (Phi) is 7.61. The van der Waals surface area contributed by atoms with E-state index in [0.29, 0.717) is 22.2 Å². The van der Waals surface area contributed by atoms with Gasteiger partial charge in [-0.1, -0.05) is 23.2 Å². The fraction of sp³-hybridized carbons (Fsp3) is 0.462. The molecular formula is C13H18Cl2N2OS. The van der Waals surface area contributed by atoms with Gasteiger partial charge >= 0.3 is 0 Å². The first-order valence-corrected chi connectivity index (χ1v) is 7.98. The highest BCUT2D eigenvalue weighted by atomic mass is 35.5. The van der Waals surface area contributed by atoms with E-state index in [1.807, 2.05) is 6.92 Å². The van der Waals surface area contributed by atoms with Gasteiger partial charge in [-0.3, -0.25) is 4.79 Å². The Morgan fingerprint density at radius 1 is 1.42 bits per heavy atom. The molecule has 106 valence electrons. The van der Waals surface area contributed by atoms with E-state index in [9.17, 15) is 4.79 Å². The molecule has 0 saturated carbocycles. The van der Waals surface area contributed by atoms with Crippen molar-refractivity contribution < 1.29 is 4.79 Å². The second-order valence-electron chi connectivity index (χ2n) is 4.30. The molecule has 0 aromatic heterocycles. The molecule has 0 aliphatic heterocycles. The van der Waals surface area contributed by atoms with Gasteiger partial charge in [-0.05, 0) is 37.3 Å². The van der Waals surface area contributed by atoms with Gasteiger partial charge in [0.05, 0.1) is 10.7 Å². The van der Waals surface area contributed by atoms with Gasteiger partial charge in [-0.25, -0.2) is 0 Å². The number of rotatable bonds is 7. The summed E-state index contributed by atoms with van der Waals surface area (Å²) in [5.41, 5.74) is 6.20. The van der Waals surface area contributed by atoms with E-state index < -0.39 is 0 Å². The Labute approximate surface area is 128 Å². The van der Waals surface area contributed by atoms with Crippen molar-refractivity contribution in [1.82, 2.24) is 0 Å². The molecule has 19 heavy (non-hydrogen) atoms. The second-order valence-corrected chi connectivity index (χ2v) is 6.37. The quantitative estimate of drug-likeness (QED) is 0.751. The van der Waals surface area contributed by atoms with Crippen LogP contribution in [0, 0.1) is 0 Å². The molecule has 0 spiro atoms. The van der Waals surface area contributed by atoms with Crippen LogP contribution < -0.4 is 11.1 Å². The molecule has 0 saturated heterocycles. The molecule has 3 N–H and O–H groups in total. The number of carbonyl (C=O) groups is 1. The van der Waals surface area contributed by atoms with Crippen LogP contribution in [0.4, 0.5) is 5.69 Å². The van der Waals surface area contributed by atoms with Crippen LogP contribution >= 0.6 is 35.0 Å². The molecule has 1 aromatic rings. The molecule has 0 aliphatic carbocycles. The van der Waals surface area contributed by atoms with Gasteiger partial charge < -0.3 is 11.1 Å². The average molecular weight is 321 g/mol. The molecule has 0 heterocycles. The molecule has 0 fully saturated rings. The monoisotopic (exact) mass is 320 g/mol. The van der Waals surface area contributed by atoms with Crippen LogP contribution in [0.3, 0.4) is 0 Å².